The molecule has 0 aliphatic heterocycles. The van der Waals surface area contributed by atoms with Crippen LogP contribution in [0.1, 0.15) is 0 Å². The van der Waals surface area contributed by atoms with E-state index in [0.29, 0.717) is 0 Å². The first-order valence-electron chi connectivity index (χ1n) is 7.31. The maximum Gasteiger partial charge on any atom is 0.335 e. The third-order valence-corrected chi connectivity index (χ3v) is 4.72. The lowest BCUT2D eigenvalue weighted by Crippen LogP contribution is -2.39. The molecule has 1 aliphatic rings. The van der Waals surface area contributed by atoms with Gasteiger partial charge in [-0.3, -0.25) is 5.32 Å². The summed E-state index contributed by atoms with van der Waals surface area (Å²) in [4.78, 5) is 30.4. The molecule has 0 aromatic carbocycles. The van der Waals surface area contributed by atoms with Crippen molar-refractivity contribution >= 4 is 27.9 Å². The van der Waals surface area contributed by atoms with Gasteiger partial charge >= 0.3 is 6.03 Å². The number of methoxy groups -OCH3 is 3. The van der Waals surface area contributed by atoms with Crippen LogP contribution in [0.3, 0.4) is 0 Å². The molecule has 2 N–H and O–H groups in total. The summed E-state index contributed by atoms with van der Waals surface area (Å²) in [5, 5.41) is 2.16. The van der Waals surface area contributed by atoms with Crippen molar-refractivity contribution in [2.75, 3.05) is 26.6 Å². The molecule has 1 aromatic heterocycles. The number of carbonyl (C=O) groups is 1. The number of sulfonamides is 1. The highest BCUT2D eigenvalue weighted by atomic mass is 32.2. The second kappa shape index (κ2) is 8.45. The standard InChI is InChI=1S/C15H16N4O7S/c1-24-11-7-12(25-2)17-14(16-11)18-15(21)19-27(22,23)10-6-4-5-9(8-20)13(10)26-3/h4-7,13H,1-3H3,(H2,16,17,18,19,21). The van der Waals surface area contributed by atoms with Gasteiger partial charge in [0, 0.05) is 7.11 Å². The smallest absolute Gasteiger partial charge is 0.335 e. The summed E-state index contributed by atoms with van der Waals surface area (Å²) >= 11 is 0. The Morgan fingerprint density at radius 1 is 1.19 bits per heavy atom. The molecule has 1 heterocycles. The van der Waals surface area contributed by atoms with E-state index in [9.17, 15) is 18.0 Å². The van der Waals surface area contributed by atoms with Crippen LogP contribution in [-0.2, 0) is 19.6 Å². The average molecular weight is 396 g/mol. The van der Waals surface area contributed by atoms with Crippen LogP contribution in [0.4, 0.5) is 10.7 Å². The number of aromatic nitrogens is 2. The van der Waals surface area contributed by atoms with Gasteiger partial charge in [0.2, 0.25) is 17.7 Å². The van der Waals surface area contributed by atoms with Gasteiger partial charge in [0.15, 0.2) is 0 Å². The Morgan fingerprint density at radius 2 is 1.81 bits per heavy atom. The Morgan fingerprint density at radius 3 is 2.33 bits per heavy atom. The van der Waals surface area contributed by atoms with Crippen molar-refractivity contribution < 1.29 is 32.2 Å². The molecule has 1 aliphatic carbocycles. The zero-order valence-electron chi connectivity index (χ0n) is 14.5. The second-order valence-electron chi connectivity index (χ2n) is 4.94. The zero-order chi connectivity index (χ0) is 20.0. The zero-order valence-corrected chi connectivity index (χ0v) is 15.4. The largest absolute Gasteiger partial charge is 0.481 e. The molecule has 12 heteroatoms. The summed E-state index contributed by atoms with van der Waals surface area (Å²) in [5.41, 5.74) is -0.0263. The topological polar surface area (TPSA) is 146 Å². The van der Waals surface area contributed by atoms with Gasteiger partial charge in [-0.25, -0.2) is 22.7 Å². The second-order valence-corrected chi connectivity index (χ2v) is 6.62. The van der Waals surface area contributed by atoms with Crippen molar-refractivity contribution in [3.05, 3.63) is 34.8 Å². The number of rotatable bonds is 6. The molecule has 1 unspecified atom stereocenters. The van der Waals surface area contributed by atoms with Gasteiger partial charge in [-0.05, 0) is 12.2 Å². The number of hydrogen-bond acceptors (Lipinski definition) is 9. The first-order valence-corrected chi connectivity index (χ1v) is 8.79. The Labute approximate surface area is 154 Å². The molecule has 0 radical (unpaired) electrons. The summed E-state index contributed by atoms with van der Waals surface area (Å²) in [5.74, 6) is 1.55. The highest BCUT2D eigenvalue weighted by Crippen LogP contribution is 2.24. The van der Waals surface area contributed by atoms with E-state index in [1.165, 1.54) is 45.6 Å². The predicted octanol–water partition coefficient (Wildman–Crippen LogP) is 0.172. The normalized spacial score (nSPS) is 16.2. The van der Waals surface area contributed by atoms with E-state index in [0.717, 1.165) is 0 Å². The number of amides is 2. The maximum atomic E-state index is 12.5. The van der Waals surface area contributed by atoms with E-state index in [1.807, 2.05) is 0 Å². The highest BCUT2D eigenvalue weighted by molar-refractivity contribution is 7.94. The minimum Gasteiger partial charge on any atom is -0.481 e. The number of carbonyl (C=O) groups excluding carboxylic acids is 2. The van der Waals surface area contributed by atoms with Gasteiger partial charge in [-0.1, -0.05) is 6.08 Å². The molecule has 27 heavy (non-hydrogen) atoms. The minimum atomic E-state index is -4.33. The van der Waals surface area contributed by atoms with Crippen LogP contribution in [0.2, 0.25) is 0 Å². The van der Waals surface area contributed by atoms with Crippen molar-refractivity contribution in [3.8, 4) is 11.8 Å². The molecule has 0 spiro atoms. The minimum absolute atomic E-state index is 0.0263. The van der Waals surface area contributed by atoms with Crippen LogP contribution in [0.15, 0.2) is 34.8 Å². The summed E-state index contributed by atoms with van der Waals surface area (Å²) in [7, 11) is -0.411. The average Bonchev–Trinajstić information content (AvgIpc) is 2.66. The van der Waals surface area contributed by atoms with E-state index in [1.54, 1.807) is 10.7 Å². The third kappa shape index (κ3) is 4.70. The number of nitrogens with one attached hydrogen (secondary N) is 2. The van der Waals surface area contributed by atoms with Crippen LogP contribution < -0.4 is 19.5 Å². The molecule has 0 saturated carbocycles. The first kappa shape index (κ1) is 20.1. The Hall–Kier alpha value is -3.21. The summed E-state index contributed by atoms with van der Waals surface area (Å²) < 4.78 is 41.6. The quantitative estimate of drug-likeness (QED) is 0.642. The monoisotopic (exact) mass is 396 g/mol. The van der Waals surface area contributed by atoms with Crippen LogP contribution in [0, 0.1) is 0 Å². The van der Waals surface area contributed by atoms with Crippen LogP contribution in [-0.4, -0.2) is 57.8 Å². The van der Waals surface area contributed by atoms with Gasteiger partial charge in [-0.2, -0.15) is 9.97 Å². The molecule has 0 fully saturated rings. The molecule has 1 aromatic rings. The lowest BCUT2D eigenvalue weighted by Gasteiger charge is -2.20. The third-order valence-electron chi connectivity index (χ3n) is 3.29. The van der Waals surface area contributed by atoms with Crippen LogP contribution in [0.25, 0.3) is 0 Å². The van der Waals surface area contributed by atoms with E-state index in [2.05, 4.69) is 15.3 Å². The number of urea groups is 1. The maximum absolute atomic E-state index is 12.5. The van der Waals surface area contributed by atoms with Crippen molar-refractivity contribution in [1.29, 1.82) is 0 Å². The van der Waals surface area contributed by atoms with Crippen LogP contribution in [0.5, 0.6) is 11.8 Å². The number of allylic oxidation sites excluding steroid dienone is 2. The van der Waals surface area contributed by atoms with Gasteiger partial charge < -0.3 is 14.2 Å². The lowest BCUT2D eigenvalue weighted by molar-refractivity contribution is 0.167. The van der Waals surface area contributed by atoms with E-state index in [4.69, 9.17) is 14.2 Å². The Bertz CT molecular complexity index is 927. The predicted molar refractivity (Wildman–Crippen MR) is 93.4 cm³/mol. The lowest BCUT2D eigenvalue weighted by atomic mass is 10.1. The van der Waals surface area contributed by atoms with Crippen molar-refractivity contribution in [2.24, 2.45) is 0 Å². The van der Waals surface area contributed by atoms with E-state index < -0.39 is 22.2 Å². The van der Waals surface area contributed by atoms with Gasteiger partial charge in [-0.15, -0.1) is 0 Å². The molecule has 2 amide bonds. The number of ether oxygens (including phenoxy) is 3. The van der Waals surface area contributed by atoms with E-state index in [-0.39, 0.29) is 28.2 Å². The number of hydrogen-bond donors (Lipinski definition) is 2. The molecule has 1 atom stereocenters. The Kier molecular flexibility index (Phi) is 6.29. The summed E-state index contributed by atoms with van der Waals surface area (Å²) in [6.07, 6.45) is 2.70. The SMILES string of the molecule is COc1cc(OC)nc(NC(=O)NS(=O)(=O)C2=CC=CC(=C=O)C2OC)n1. The number of nitrogens with zero attached hydrogens (tertiary/aromatic N) is 2. The summed E-state index contributed by atoms with van der Waals surface area (Å²) in [6.45, 7) is 0. The van der Waals surface area contributed by atoms with Gasteiger partial charge in [0.1, 0.15) is 12.0 Å². The van der Waals surface area contributed by atoms with E-state index >= 15 is 0 Å². The van der Waals surface area contributed by atoms with Crippen molar-refractivity contribution in [3.63, 3.8) is 0 Å². The fourth-order valence-corrected chi connectivity index (χ4v) is 3.29. The molecular formula is C15H16N4O7S. The highest BCUT2D eigenvalue weighted by Gasteiger charge is 2.32. The summed E-state index contributed by atoms with van der Waals surface area (Å²) in [6, 6.07) is 0.238. The van der Waals surface area contributed by atoms with Crippen LogP contribution >= 0.6 is 0 Å². The first-order chi connectivity index (χ1) is 12.8. The molecule has 144 valence electrons. The van der Waals surface area contributed by atoms with Crippen molar-refractivity contribution in [2.45, 2.75) is 6.10 Å². The number of anilines is 1. The molecule has 2 rings (SSSR count). The van der Waals surface area contributed by atoms with Gasteiger partial charge in [0.25, 0.3) is 10.0 Å². The van der Waals surface area contributed by atoms with Gasteiger partial charge in [0.05, 0.1) is 30.8 Å². The molecular weight excluding hydrogens is 380 g/mol. The molecule has 11 nitrogen and oxygen atoms in total. The molecule has 0 saturated heterocycles. The molecule has 0 bridgehead atoms. The fraction of sp³-hybridized carbons (Fsp3) is 0.267. The fourth-order valence-electron chi connectivity index (χ4n) is 2.11. The van der Waals surface area contributed by atoms with Crippen molar-refractivity contribution in [1.82, 2.24) is 14.7 Å². The Balaban J connectivity index is 2.21.